The zero-order valence-corrected chi connectivity index (χ0v) is 9.62. The molecule has 0 aliphatic heterocycles. The van der Waals surface area contributed by atoms with Gasteiger partial charge in [-0.25, -0.2) is 4.39 Å². The Morgan fingerprint density at radius 3 is 2.46 bits per heavy atom. The maximum Gasteiger partial charge on any atom is 0.126 e. The second-order valence-corrected chi connectivity index (χ2v) is 3.99. The molecule has 0 amide bonds. The van der Waals surface area contributed by atoms with Crippen molar-refractivity contribution in [2.24, 2.45) is 0 Å². The van der Waals surface area contributed by atoms with E-state index in [0.29, 0.717) is 0 Å². The Balaban J connectivity index is 3.05. The Bertz CT molecular complexity index is 294. The van der Waals surface area contributed by atoms with Crippen LogP contribution in [0.4, 0.5) is 4.39 Å². The van der Waals surface area contributed by atoms with Crippen molar-refractivity contribution >= 4 is 15.9 Å². The SMILES string of the molecule is CCCc1cc(F)c(CC)cc1Br. The lowest BCUT2D eigenvalue weighted by atomic mass is 10.1. The molecule has 0 aliphatic rings. The Morgan fingerprint density at radius 1 is 1.23 bits per heavy atom. The van der Waals surface area contributed by atoms with Gasteiger partial charge in [0.1, 0.15) is 5.82 Å². The van der Waals surface area contributed by atoms with Gasteiger partial charge >= 0.3 is 0 Å². The number of hydrogen-bond donors (Lipinski definition) is 0. The summed E-state index contributed by atoms with van der Waals surface area (Å²) in [6.45, 7) is 4.06. The van der Waals surface area contributed by atoms with Crippen LogP contribution in [0.1, 0.15) is 31.4 Å². The molecule has 0 heterocycles. The largest absolute Gasteiger partial charge is 0.207 e. The van der Waals surface area contributed by atoms with E-state index in [9.17, 15) is 4.39 Å². The zero-order valence-electron chi connectivity index (χ0n) is 8.03. The molecule has 0 nitrogen and oxygen atoms in total. The van der Waals surface area contributed by atoms with E-state index >= 15 is 0 Å². The molecule has 72 valence electrons. The van der Waals surface area contributed by atoms with Crippen molar-refractivity contribution in [1.82, 2.24) is 0 Å². The van der Waals surface area contributed by atoms with Crippen LogP contribution in [0, 0.1) is 5.82 Å². The minimum atomic E-state index is -0.0749. The smallest absolute Gasteiger partial charge is 0.126 e. The van der Waals surface area contributed by atoms with Gasteiger partial charge in [0.05, 0.1) is 0 Å². The van der Waals surface area contributed by atoms with E-state index in [4.69, 9.17) is 0 Å². The van der Waals surface area contributed by atoms with Gasteiger partial charge in [0.15, 0.2) is 0 Å². The van der Waals surface area contributed by atoms with Crippen LogP contribution in [0.15, 0.2) is 16.6 Å². The molecule has 0 bridgehead atoms. The molecular weight excluding hydrogens is 231 g/mol. The number of hydrogen-bond acceptors (Lipinski definition) is 0. The van der Waals surface area contributed by atoms with E-state index < -0.39 is 0 Å². The first-order valence-electron chi connectivity index (χ1n) is 4.65. The molecule has 0 saturated heterocycles. The molecule has 0 unspecified atom stereocenters. The number of halogens is 2. The van der Waals surface area contributed by atoms with E-state index in [1.165, 1.54) is 0 Å². The van der Waals surface area contributed by atoms with Crippen LogP contribution in [0.3, 0.4) is 0 Å². The Kier molecular flexibility index (Phi) is 3.91. The molecule has 1 aromatic rings. The summed E-state index contributed by atoms with van der Waals surface area (Å²) in [5.41, 5.74) is 1.85. The number of benzene rings is 1. The standard InChI is InChI=1S/C11H14BrF/c1-3-5-9-7-11(13)8(4-2)6-10(9)12/h6-7H,3-5H2,1-2H3. The van der Waals surface area contributed by atoms with Gasteiger partial charge in [-0.1, -0.05) is 36.2 Å². The predicted octanol–water partition coefficient (Wildman–Crippen LogP) is 4.10. The van der Waals surface area contributed by atoms with Crippen LogP contribution in [-0.4, -0.2) is 0 Å². The third kappa shape index (κ3) is 2.53. The molecule has 2 heteroatoms. The van der Waals surface area contributed by atoms with Crippen LogP contribution in [0.5, 0.6) is 0 Å². The first kappa shape index (κ1) is 10.7. The summed E-state index contributed by atoms with van der Waals surface area (Å²) < 4.78 is 14.4. The normalized spacial score (nSPS) is 10.5. The topological polar surface area (TPSA) is 0 Å². The van der Waals surface area contributed by atoms with Crippen molar-refractivity contribution in [3.05, 3.63) is 33.5 Å². The lowest BCUT2D eigenvalue weighted by molar-refractivity contribution is 0.609. The fourth-order valence-corrected chi connectivity index (χ4v) is 1.95. The summed E-state index contributed by atoms with van der Waals surface area (Å²) >= 11 is 3.46. The number of rotatable bonds is 3. The highest BCUT2D eigenvalue weighted by Crippen LogP contribution is 2.22. The molecule has 13 heavy (non-hydrogen) atoms. The highest BCUT2D eigenvalue weighted by molar-refractivity contribution is 9.10. The molecule has 0 spiro atoms. The third-order valence-corrected chi connectivity index (χ3v) is 2.85. The molecule has 0 aliphatic carbocycles. The van der Waals surface area contributed by atoms with Crippen LogP contribution in [-0.2, 0) is 12.8 Å². The van der Waals surface area contributed by atoms with Gasteiger partial charge in [-0.2, -0.15) is 0 Å². The molecule has 0 saturated carbocycles. The lowest BCUT2D eigenvalue weighted by Gasteiger charge is -2.06. The predicted molar refractivity (Wildman–Crippen MR) is 57.5 cm³/mol. The van der Waals surface area contributed by atoms with Crippen LogP contribution < -0.4 is 0 Å². The fraction of sp³-hybridized carbons (Fsp3) is 0.455. The maximum atomic E-state index is 13.3. The average molecular weight is 245 g/mol. The van der Waals surface area contributed by atoms with Crippen molar-refractivity contribution in [1.29, 1.82) is 0 Å². The fourth-order valence-electron chi connectivity index (χ4n) is 1.36. The van der Waals surface area contributed by atoms with Gasteiger partial charge < -0.3 is 0 Å². The van der Waals surface area contributed by atoms with Gasteiger partial charge in [-0.05, 0) is 36.1 Å². The van der Waals surface area contributed by atoms with Gasteiger partial charge in [0.2, 0.25) is 0 Å². The van der Waals surface area contributed by atoms with Gasteiger partial charge in [-0.15, -0.1) is 0 Å². The van der Waals surface area contributed by atoms with Crippen molar-refractivity contribution in [2.75, 3.05) is 0 Å². The van der Waals surface area contributed by atoms with E-state index in [-0.39, 0.29) is 5.82 Å². The minimum absolute atomic E-state index is 0.0749. The quantitative estimate of drug-likeness (QED) is 0.751. The monoisotopic (exact) mass is 244 g/mol. The Morgan fingerprint density at radius 2 is 1.92 bits per heavy atom. The van der Waals surface area contributed by atoms with Crippen molar-refractivity contribution in [2.45, 2.75) is 33.1 Å². The summed E-state index contributed by atoms with van der Waals surface area (Å²) in [6.07, 6.45) is 2.72. The van der Waals surface area contributed by atoms with Crippen LogP contribution >= 0.6 is 15.9 Å². The van der Waals surface area contributed by atoms with Gasteiger partial charge in [0.25, 0.3) is 0 Å². The maximum absolute atomic E-state index is 13.3. The molecule has 0 N–H and O–H groups in total. The summed E-state index contributed by atoms with van der Waals surface area (Å²) in [5, 5.41) is 0. The van der Waals surface area contributed by atoms with E-state index in [1.807, 2.05) is 13.0 Å². The summed E-state index contributed by atoms with van der Waals surface area (Å²) in [7, 11) is 0. The van der Waals surface area contributed by atoms with E-state index in [1.54, 1.807) is 6.07 Å². The van der Waals surface area contributed by atoms with Gasteiger partial charge in [0, 0.05) is 4.47 Å². The van der Waals surface area contributed by atoms with Crippen LogP contribution in [0.2, 0.25) is 0 Å². The summed E-state index contributed by atoms with van der Waals surface area (Å²) in [4.78, 5) is 0. The summed E-state index contributed by atoms with van der Waals surface area (Å²) in [6, 6.07) is 3.53. The molecule has 1 rings (SSSR count). The van der Waals surface area contributed by atoms with Crippen molar-refractivity contribution in [3.63, 3.8) is 0 Å². The molecular formula is C11H14BrF. The minimum Gasteiger partial charge on any atom is -0.207 e. The first-order chi connectivity index (χ1) is 6.19. The number of aryl methyl sites for hydroxylation is 2. The molecule has 0 fully saturated rings. The average Bonchev–Trinajstić information content (AvgIpc) is 2.11. The molecule has 1 aromatic carbocycles. The van der Waals surface area contributed by atoms with Crippen LogP contribution in [0.25, 0.3) is 0 Å². The Labute approximate surface area is 87.3 Å². The molecule has 0 aromatic heterocycles. The highest BCUT2D eigenvalue weighted by atomic mass is 79.9. The molecule has 0 atom stereocenters. The van der Waals surface area contributed by atoms with Crippen molar-refractivity contribution in [3.8, 4) is 0 Å². The van der Waals surface area contributed by atoms with E-state index in [2.05, 4.69) is 22.9 Å². The highest BCUT2D eigenvalue weighted by Gasteiger charge is 2.05. The van der Waals surface area contributed by atoms with Crippen molar-refractivity contribution < 1.29 is 4.39 Å². The summed E-state index contributed by atoms with van der Waals surface area (Å²) in [5.74, 6) is -0.0749. The molecule has 0 radical (unpaired) electrons. The first-order valence-corrected chi connectivity index (χ1v) is 5.45. The third-order valence-electron chi connectivity index (χ3n) is 2.12. The second kappa shape index (κ2) is 4.75. The Hall–Kier alpha value is -0.370. The lowest BCUT2D eigenvalue weighted by Crippen LogP contribution is -1.93. The van der Waals surface area contributed by atoms with Gasteiger partial charge in [-0.3, -0.25) is 0 Å². The van der Waals surface area contributed by atoms with E-state index in [0.717, 1.165) is 34.9 Å². The second-order valence-electron chi connectivity index (χ2n) is 3.14. The zero-order chi connectivity index (χ0) is 9.84.